The van der Waals surface area contributed by atoms with Crippen molar-refractivity contribution in [2.45, 2.75) is 18.2 Å². The van der Waals surface area contributed by atoms with E-state index >= 15 is 0 Å². The van der Waals surface area contributed by atoms with Gasteiger partial charge in [0.15, 0.2) is 9.84 Å². The van der Waals surface area contributed by atoms with Crippen molar-refractivity contribution in [3.63, 3.8) is 0 Å². The molecule has 1 aromatic carbocycles. The Morgan fingerprint density at radius 1 is 1.42 bits per heavy atom. The number of benzene rings is 1. The third kappa shape index (κ3) is 3.33. The summed E-state index contributed by atoms with van der Waals surface area (Å²) in [6.07, 6.45) is 1.97. The molecule has 0 saturated carbocycles. The summed E-state index contributed by atoms with van der Waals surface area (Å²) in [5.74, 6) is -0.0972. The molecular formula is C13H18N2O3S. The lowest BCUT2D eigenvalue weighted by Crippen LogP contribution is -2.25. The SMILES string of the molecule is Cc1ccc(S(C)(=O)=O)cc1NC(=O)C1CCNC1. The van der Waals surface area contributed by atoms with Gasteiger partial charge >= 0.3 is 0 Å². The van der Waals surface area contributed by atoms with Crippen molar-refractivity contribution < 1.29 is 13.2 Å². The van der Waals surface area contributed by atoms with Gasteiger partial charge < -0.3 is 10.6 Å². The van der Waals surface area contributed by atoms with Crippen LogP contribution in [0.3, 0.4) is 0 Å². The van der Waals surface area contributed by atoms with Gasteiger partial charge in [-0.25, -0.2) is 8.42 Å². The van der Waals surface area contributed by atoms with E-state index in [0.717, 1.165) is 24.8 Å². The second-order valence-corrected chi connectivity index (χ2v) is 6.94. The average Bonchev–Trinajstić information content (AvgIpc) is 2.84. The van der Waals surface area contributed by atoms with Crippen LogP contribution in [0.4, 0.5) is 5.69 Å². The van der Waals surface area contributed by atoms with Crippen molar-refractivity contribution >= 4 is 21.4 Å². The Morgan fingerprint density at radius 3 is 2.74 bits per heavy atom. The van der Waals surface area contributed by atoms with E-state index in [0.29, 0.717) is 12.2 Å². The first kappa shape index (κ1) is 14.0. The highest BCUT2D eigenvalue weighted by molar-refractivity contribution is 7.90. The number of amides is 1. The first-order chi connectivity index (χ1) is 8.88. The van der Waals surface area contributed by atoms with E-state index in [1.807, 2.05) is 6.92 Å². The minimum absolute atomic E-state index is 0.0405. The summed E-state index contributed by atoms with van der Waals surface area (Å²) in [4.78, 5) is 12.2. The normalized spacial score (nSPS) is 19.4. The summed E-state index contributed by atoms with van der Waals surface area (Å²) >= 11 is 0. The molecule has 2 N–H and O–H groups in total. The maximum Gasteiger partial charge on any atom is 0.228 e. The van der Waals surface area contributed by atoms with E-state index < -0.39 is 9.84 Å². The monoisotopic (exact) mass is 282 g/mol. The van der Waals surface area contributed by atoms with E-state index in [1.165, 1.54) is 6.07 Å². The van der Waals surface area contributed by atoms with Gasteiger partial charge in [0.2, 0.25) is 5.91 Å². The summed E-state index contributed by atoms with van der Waals surface area (Å²) in [6.45, 7) is 3.37. The smallest absolute Gasteiger partial charge is 0.228 e. The molecular weight excluding hydrogens is 264 g/mol. The van der Waals surface area contributed by atoms with Crippen molar-refractivity contribution in [2.75, 3.05) is 24.7 Å². The summed E-state index contributed by atoms with van der Waals surface area (Å²) < 4.78 is 23.0. The van der Waals surface area contributed by atoms with Crippen molar-refractivity contribution in [2.24, 2.45) is 5.92 Å². The van der Waals surface area contributed by atoms with Gasteiger partial charge in [-0.15, -0.1) is 0 Å². The van der Waals surface area contributed by atoms with E-state index in [4.69, 9.17) is 0 Å². The Kier molecular flexibility index (Phi) is 3.91. The van der Waals surface area contributed by atoms with Gasteiger partial charge in [0.05, 0.1) is 10.8 Å². The summed E-state index contributed by atoms with van der Waals surface area (Å²) in [7, 11) is -3.26. The van der Waals surface area contributed by atoms with Crippen LogP contribution in [-0.4, -0.2) is 33.7 Å². The van der Waals surface area contributed by atoms with E-state index in [-0.39, 0.29) is 16.7 Å². The molecule has 104 valence electrons. The van der Waals surface area contributed by atoms with Gasteiger partial charge in [0.25, 0.3) is 0 Å². The van der Waals surface area contributed by atoms with Crippen molar-refractivity contribution in [1.82, 2.24) is 5.32 Å². The van der Waals surface area contributed by atoms with Gasteiger partial charge in [0.1, 0.15) is 0 Å². The van der Waals surface area contributed by atoms with Gasteiger partial charge in [-0.2, -0.15) is 0 Å². The molecule has 0 spiro atoms. The molecule has 1 unspecified atom stereocenters. The summed E-state index contributed by atoms with van der Waals surface area (Å²) in [5.41, 5.74) is 1.42. The van der Waals surface area contributed by atoms with E-state index in [2.05, 4.69) is 10.6 Å². The molecule has 1 atom stereocenters. The van der Waals surface area contributed by atoms with E-state index in [1.54, 1.807) is 12.1 Å². The molecule has 2 rings (SSSR count). The molecule has 0 bridgehead atoms. The number of carbonyl (C=O) groups is 1. The first-order valence-corrected chi connectivity index (χ1v) is 8.09. The first-order valence-electron chi connectivity index (χ1n) is 6.20. The topological polar surface area (TPSA) is 75.3 Å². The fourth-order valence-electron chi connectivity index (χ4n) is 2.08. The molecule has 1 aliphatic heterocycles. The van der Waals surface area contributed by atoms with Crippen LogP contribution in [0, 0.1) is 12.8 Å². The predicted octanol–water partition coefficient (Wildman–Crippen LogP) is 0.947. The Labute approximate surface area is 113 Å². The molecule has 1 saturated heterocycles. The standard InChI is InChI=1S/C13H18N2O3S/c1-9-3-4-11(19(2,17)18)7-12(9)15-13(16)10-5-6-14-8-10/h3-4,7,10,14H,5-6,8H2,1-2H3,(H,15,16). The number of nitrogens with one attached hydrogen (secondary N) is 2. The lowest BCUT2D eigenvalue weighted by molar-refractivity contribution is -0.119. The maximum absolute atomic E-state index is 12.0. The molecule has 1 fully saturated rings. The van der Waals surface area contributed by atoms with Crippen LogP contribution < -0.4 is 10.6 Å². The Balaban J connectivity index is 2.22. The molecule has 1 aromatic rings. The fourth-order valence-corrected chi connectivity index (χ4v) is 2.73. The highest BCUT2D eigenvalue weighted by Crippen LogP contribution is 2.21. The van der Waals surface area contributed by atoms with Crippen LogP contribution in [0.15, 0.2) is 23.1 Å². The van der Waals surface area contributed by atoms with Gasteiger partial charge in [-0.05, 0) is 37.6 Å². The van der Waals surface area contributed by atoms with Crippen LogP contribution in [0.5, 0.6) is 0 Å². The van der Waals surface area contributed by atoms with Crippen molar-refractivity contribution in [3.8, 4) is 0 Å². The summed E-state index contributed by atoms with van der Waals surface area (Å²) in [5, 5.41) is 5.95. The average molecular weight is 282 g/mol. The van der Waals surface area contributed by atoms with Crippen LogP contribution in [0.2, 0.25) is 0 Å². The van der Waals surface area contributed by atoms with Crippen LogP contribution in [0.1, 0.15) is 12.0 Å². The number of hydrogen-bond donors (Lipinski definition) is 2. The third-order valence-corrected chi connectivity index (χ3v) is 4.44. The molecule has 0 aliphatic carbocycles. The van der Waals surface area contributed by atoms with Gasteiger partial charge in [0, 0.05) is 18.5 Å². The maximum atomic E-state index is 12.0. The molecule has 19 heavy (non-hydrogen) atoms. The fraction of sp³-hybridized carbons (Fsp3) is 0.462. The zero-order valence-corrected chi connectivity index (χ0v) is 11.9. The number of sulfone groups is 1. The van der Waals surface area contributed by atoms with E-state index in [9.17, 15) is 13.2 Å². The highest BCUT2D eigenvalue weighted by Gasteiger charge is 2.23. The number of hydrogen-bond acceptors (Lipinski definition) is 4. The van der Waals surface area contributed by atoms with Crippen LogP contribution >= 0.6 is 0 Å². The molecule has 0 radical (unpaired) electrons. The number of rotatable bonds is 3. The summed E-state index contributed by atoms with van der Waals surface area (Å²) in [6, 6.07) is 4.78. The Bertz CT molecular complexity index is 590. The molecule has 1 aliphatic rings. The molecule has 5 nitrogen and oxygen atoms in total. The minimum Gasteiger partial charge on any atom is -0.326 e. The zero-order valence-electron chi connectivity index (χ0n) is 11.1. The highest BCUT2D eigenvalue weighted by atomic mass is 32.2. The quantitative estimate of drug-likeness (QED) is 0.865. The second-order valence-electron chi connectivity index (χ2n) is 4.93. The molecule has 6 heteroatoms. The van der Waals surface area contributed by atoms with Gasteiger partial charge in [-0.3, -0.25) is 4.79 Å². The molecule has 1 heterocycles. The number of aryl methyl sites for hydroxylation is 1. The van der Waals surface area contributed by atoms with Crippen molar-refractivity contribution in [3.05, 3.63) is 23.8 Å². The largest absolute Gasteiger partial charge is 0.326 e. The molecule has 1 amide bonds. The third-order valence-electron chi connectivity index (χ3n) is 3.33. The predicted molar refractivity (Wildman–Crippen MR) is 73.9 cm³/mol. The number of anilines is 1. The Hall–Kier alpha value is -1.40. The van der Waals surface area contributed by atoms with Gasteiger partial charge in [-0.1, -0.05) is 6.07 Å². The number of carbonyl (C=O) groups excluding carboxylic acids is 1. The lowest BCUT2D eigenvalue weighted by atomic mass is 10.1. The van der Waals surface area contributed by atoms with Crippen LogP contribution in [0.25, 0.3) is 0 Å². The second kappa shape index (κ2) is 5.30. The Morgan fingerprint density at radius 2 is 2.16 bits per heavy atom. The van der Waals surface area contributed by atoms with Crippen molar-refractivity contribution in [1.29, 1.82) is 0 Å². The zero-order chi connectivity index (χ0) is 14.0. The lowest BCUT2D eigenvalue weighted by Gasteiger charge is -2.13. The van der Waals surface area contributed by atoms with Crippen LogP contribution in [-0.2, 0) is 14.6 Å². The minimum atomic E-state index is -3.26. The molecule has 0 aromatic heterocycles.